The van der Waals surface area contributed by atoms with Gasteiger partial charge in [0.05, 0.1) is 17.5 Å². The molecule has 5 rings (SSSR count). The van der Waals surface area contributed by atoms with E-state index in [0.29, 0.717) is 12.1 Å². The quantitative estimate of drug-likeness (QED) is 0.733. The highest BCUT2D eigenvalue weighted by atomic mass is 79.9. The smallest absolute Gasteiger partial charge is 0.238 e. The predicted molar refractivity (Wildman–Crippen MR) is 79.5 cm³/mol. The zero-order chi connectivity index (χ0) is 14.7. The Kier molecular flexibility index (Phi) is 2.83. The number of benzene rings is 1. The molecule has 4 fully saturated rings. The maximum absolute atomic E-state index is 12.7. The molecule has 1 aromatic carbocycles. The lowest BCUT2D eigenvalue weighted by molar-refractivity contribution is -0.143. The third-order valence-corrected chi connectivity index (χ3v) is 5.68. The van der Waals surface area contributed by atoms with Gasteiger partial charge in [0.15, 0.2) is 0 Å². The molecule has 1 saturated heterocycles. The van der Waals surface area contributed by atoms with Crippen molar-refractivity contribution in [3.8, 4) is 0 Å². The lowest BCUT2D eigenvalue weighted by Crippen LogP contribution is -2.46. The van der Waals surface area contributed by atoms with Crippen LogP contribution in [0.4, 0.5) is 5.69 Å². The number of halogens is 1. The summed E-state index contributed by atoms with van der Waals surface area (Å²) in [5.74, 6) is -1.00. The fourth-order valence-corrected chi connectivity index (χ4v) is 4.49. The largest absolute Gasteiger partial charge is 0.299 e. The second-order valence-electron chi connectivity index (χ2n) is 6.15. The van der Waals surface area contributed by atoms with Crippen LogP contribution in [0.25, 0.3) is 0 Å². The second-order valence-corrected chi connectivity index (χ2v) is 7.07. The lowest BCUT2D eigenvalue weighted by atomic mass is 9.59. The van der Waals surface area contributed by atoms with E-state index in [1.54, 1.807) is 12.1 Å². The highest BCUT2D eigenvalue weighted by Crippen LogP contribution is 2.52. The molecule has 2 bridgehead atoms. The molecule has 1 heterocycles. The van der Waals surface area contributed by atoms with Crippen LogP contribution in [-0.2, 0) is 14.4 Å². The molecule has 0 spiro atoms. The molecule has 5 heteroatoms. The molecule has 1 aliphatic heterocycles. The van der Waals surface area contributed by atoms with E-state index in [1.165, 1.54) is 4.90 Å². The number of anilines is 1. The molecule has 4 atom stereocenters. The number of hydrogen-bond donors (Lipinski definition) is 0. The van der Waals surface area contributed by atoms with Crippen LogP contribution in [0.2, 0.25) is 0 Å². The van der Waals surface area contributed by atoms with E-state index in [0.717, 1.165) is 17.3 Å². The number of amides is 2. The van der Waals surface area contributed by atoms with Crippen molar-refractivity contribution in [3.63, 3.8) is 0 Å². The van der Waals surface area contributed by atoms with Crippen molar-refractivity contribution >= 4 is 39.2 Å². The number of ketones is 1. The maximum atomic E-state index is 12.7. The van der Waals surface area contributed by atoms with Crippen molar-refractivity contribution in [2.75, 3.05) is 4.90 Å². The summed E-state index contributed by atoms with van der Waals surface area (Å²) in [5.41, 5.74) is 0.606. The first-order valence-corrected chi connectivity index (χ1v) is 8.03. The van der Waals surface area contributed by atoms with Gasteiger partial charge in [0.1, 0.15) is 5.78 Å². The third kappa shape index (κ3) is 1.76. The van der Waals surface area contributed by atoms with Gasteiger partial charge >= 0.3 is 0 Å². The van der Waals surface area contributed by atoms with Gasteiger partial charge in [-0.3, -0.25) is 19.3 Å². The number of fused-ring (bicyclic) bond motifs is 2. The first-order chi connectivity index (χ1) is 10.1. The van der Waals surface area contributed by atoms with E-state index in [9.17, 15) is 14.4 Å². The van der Waals surface area contributed by atoms with Crippen molar-refractivity contribution in [1.29, 1.82) is 0 Å². The summed E-state index contributed by atoms with van der Waals surface area (Å²) >= 11 is 3.35. The SMILES string of the molecule is O=C1C[C@@H]2CC[C@H]1[C@@H]1C(=O)N(c3ccc(Br)cc3)C(=O)[C@H]21. The Hall–Kier alpha value is -1.49. The van der Waals surface area contributed by atoms with Gasteiger partial charge in [-0.15, -0.1) is 0 Å². The Labute approximate surface area is 130 Å². The molecule has 0 unspecified atom stereocenters. The van der Waals surface area contributed by atoms with Crippen molar-refractivity contribution in [2.45, 2.75) is 19.3 Å². The topological polar surface area (TPSA) is 54.5 Å². The Morgan fingerprint density at radius 2 is 1.62 bits per heavy atom. The molecule has 21 heavy (non-hydrogen) atoms. The van der Waals surface area contributed by atoms with E-state index in [4.69, 9.17) is 0 Å². The zero-order valence-corrected chi connectivity index (χ0v) is 12.9. The summed E-state index contributed by atoms with van der Waals surface area (Å²) in [7, 11) is 0. The summed E-state index contributed by atoms with van der Waals surface area (Å²) in [6.45, 7) is 0. The van der Waals surface area contributed by atoms with Gasteiger partial charge in [0.25, 0.3) is 0 Å². The molecule has 108 valence electrons. The summed E-state index contributed by atoms with van der Waals surface area (Å²) in [5, 5.41) is 0. The van der Waals surface area contributed by atoms with Crippen molar-refractivity contribution in [1.82, 2.24) is 0 Å². The Morgan fingerprint density at radius 1 is 0.952 bits per heavy atom. The van der Waals surface area contributed by atoms with E-state index in [-0.39, 0.29) is 35.4 Å². The van der Waals surface area contributed by atoms with Gasteiger partial charge < -0.3 is 0 Å². The van der Waals surface area contributed by atoms with Crippen molar-refractivity contribution in [3.05, 3.63) is 28.7 Å². The lowest BCUT2D eigenvalue weighted by Gasteiger charge is -2.41. The molecule has 4 aliphatic rings. The average molecular weight is 348 g/mol. The van der Waals surface area contributed by atoms with Crippen LogP contribution >= 0.6 is 15.9 Å². The average Bonchev–Trinajstić information content (AvgIpc) is 2.74. The van der Waals surface area contributed by atoms with E-state index >= 15 is 0 Å². The molecule has 1 aromatic rings. The van der Waals surface area contributed by atoms with Gasteiger partial charge in [0.2, 0.25) is 11.8 Å². The van der Waals surface area contributed by atoms with Crippen LogP contribution in [0.15, 0.2) is 28.7 Å². The number of carbonyl (C=O) groups is 3. The minimum atomic E-state index is -0.416. The summed E-state index contributed by atoms with van der Waals surface area (Å²) < 4.78 is 0.901. The first-order valence-electron chi connectivity index (χ1n) is 7.24. The predicted octanol–water partition coefficient (Wildman–Crippen LogP) is 2.55. The minimum Gasteiger partial charge on any atom is -0.299 e. The van der Waals surface area contributed by atoms with E-state index in [2.05, 4.69) is 15.9 Å². The van der Waals surface area contributed by atoms with Gasteiger partial charge in [-0.1, -0.05) is 15.9 Å². The van der Waals surface area contributed by atoms with Crippen LogP contribution in [0.3, 0.4) is 0 Å². The van der Waals surface area contributed by atoms with Gasteiger partial charge in [-0.05, 0) is 43.0 Å². The highest BCUT2D eigenvalue weighted by molar-refractivity contribution is 9.10. The van der Waals surface area contributed by atoms with Crippen molar-refractivity contribution < 1.29 is 14.4 Å². The van der Waals surface area contributed by atoms with Gasteiger partial charge in [0, 0.05) is 16.8 Å². The summed E-state index contributed by atoms with van der Waals surface area (Å²) in [4.78, 5) is 38.8. The number of hydrogen-bond acceptors (Lipinski definition) is 3. The van der Waals surface area contributed by atoms with Gasteiger partial charge in [-0.2, -0.15) is 0 Å². The molecule has 0 N–H and O–H groups in total. The van der Waals surface area contributed by atoms with Crippen LogP contribution in [0.1, 0.15) is 19.3 Å². The Morgan fingerprint density at radius 3 is 2.29 bits per heavy atom. The number of Topliss-reactive ketones (excluding diaryl/α,β-unsaturated/α-hetero) is 1. The second kappa shape index (κ2) is 4.50. The van der Waals surface area contributed by atoms with Gasteiger partial charge in [-0.25, -0.2) is 0 Å². The van der Waals surface area contributed by atoms with Crippen LogP contribution < -0.4 is 4.90 Å². The first kappa shape index (κ1) is 13.2. The Balaban J connectivity index is 1.75. The maximum Gasteiger partial charge on any atom is 0.238 e. The van der Waals surface area contributed by atoms with Crippen LogP contribution in [0, 0.1) is 23.7 Å². The number of imide groups is 1. The Bertz CT molecular complexity index is 654. The standard InChI is InChI=1S/C16H14BrNO3/c17-9-2-4-10(5-3-9)18-15(20)13-8-1-6-11(12(19)7-8)14(13)16(18)21/h2-5,8,11,13-14H,1,6-7H2/t8-,11+,13+,14-/m0/s1. The van der Waals surface area contributed by atoms with Crippen LogP contribution in [-0.4, -0.2) is 17.6 Å². The summed E-state index contributed by atoms with van der Waals surface area (Å²) in [6.07, 6.45) is 2.13. The van der Waals surface area contributed by atoms with Crippen molar-refractivity contribution in [2.24, 2.45) is 23.7 Å². The third-order valence-electron chi connectivity index (χ3n) is 5.15. The number of rotatable bonds is 1. The number of nitrogens with zero attached hydrogens (tertiary/aromatic N) is 1. The molecular formula is C16H14BrNO3. The molecule has 4 nitrogen and oxygen atoms in total. The van der Waals surface area contributed by atoms with E-state index < -0.39 is 5.92 Å². The monoisotopic (exact) mass is 347 g/mol. The molecule has 2 amide bonds. The summed E-state index contributed by atoms with van der Waals surface area (Å²) in [6, 6.07) is 7.16. The molecule has 3 saturated carbocycles. The number of carbonyl (C=O) groups excluding carboxylic acids is 3. The molecular weight excluding hydrogens is 334 g/mol. The van der Waals surface area contributed by atoms with E-state index in [1.807, 2.05) is 12.1 Å². The molecule has 3 aliphatic carbocycles. The fourth-order valence-electron chi connectivity index (χ4n) is 4.23. The van der Waals surface area contributed by atoms with Crippen LogP contribution in [0.5, 0.6) is 0 Å². The highest BCUT2D eigenvalue weighted by Gasteiger charge is 2.60. The minimum absolute atomic E-state index is 0.0596. The molecule has 0 aromatic heterocycles. The fraction of sp³-hybridized carbons (Fsp3) is 0.438. The normalized spacial score (nSPS) is 34.5. The zero-order valence-electron chi connectivity index (χ0n) is 11.3. The molecule has 0 radical (unpaired) electrons.